The second kappa shape index (κ2) is 10.9. The largest absolute Gasteiger partial charge is 0.454 e. The minimum absolute atomic E-state index is 0.336. The van der Waals surface area contributed by atoms with Crippen molar-refractivity contribution in [1.82, 2.24) is 0 Å². The fourth-order valence-corrected chi connectivity index (χ4v) is 3.36. The minimum Gasteiger partial charge on any atom is -0.454 e. The summed E-state index contributed by atoms with van der Waals surface area (Å²) < 4.78 is 10.1. The molecule has 0 saturated heterocycles. The quantitative estimate of drug-likeness (QED) is 0.327. The first-order chi connectivity index (χ1) is 16.6. The van der Waals surface area contributed by atoms with Gasteiger partial charge in [-0.15, -0.1) is 0 Å². The van der Waals surface area contributed by atoms with Gasteiger partial charge in [0.15, 0.2) is 13.2 Å². The van der Waals surface area contributed by atoms with Gasteiger partial charge in [-0.1, -0.05) is 84.9 Å². The van der Waals surface area contributed by atoms with Crippen LogP contribution in [0.4, 0.5) is 0 Å². The molecule has 0 aliphatic heterocycles. The van der Waals surface area contributed by atoms with Crippen LogP contribution in [0, 0.1) is 0 Å². The Morgan fingerprint density at radius 2 is 0.765 bits per heavy atom. The molecule has 168 valence electrons. The van der Waals surface area contributed by atoms with Crippen molar-refractivity contribution < 1.29 is 23.9 Å². The molecule has 0 unspecified atom stereocenters. The van der Waals surface area contributed by atoms with Crippen LogP contribution in [0.1, 0.15) is 20.7 Å². The first-order valence-corrected chi connectivity index (χ1v) is 10.8. The summed E-state index contributed by atoms with van der Waals surface area (Å²) in [6.07, 6.45) is 0. The molecule has 4 rings (SSSR count). The van der Waals surface area contributed by atoms with Crippen LogP contribution in [0.2, 0.25) is 0 Å². The topological polar surface area (TPSA) is 69.7 Å². The number of carbonyl (C=O) groups excluding carboxylic acids is 3. The Morgan fingerprint density at radius 3 is 1.12 bits per heavy atom. The van der Waals surface area contributed by atoms with Crippen LogP contribution >= 0.6 is 0 Å². The smallest absolute Gasteiger partial charge is 0.338 e. The predicted octanol–water partition coefficient (Wildman–Crippen LogP) is 5.60. The number of Topliss-reactive ketones (excluding diaryl/α,β-unsaturated/α-hetero) is 1. The summed E-state index contributed by atoms with van der Waals surface area (Å²) in [4.78, 5) is 36.5. The first kappa shape index (κ1) is 22.7. The Morgan fingerprint density at radius 1 is 0.441 bits per heavy atom. The van der Waals surface area contributed by atoms with Crippen LogP contribution in [0.15, 0.2) is 109 Å². The molecule has 4 aromatic carbocycles. The van der Waals surface area contributed by atoms with E-state index in [-0.39, 0.29) is 0 Å². The second-order valence-electron chi connectivity index (χ2n) is 7.58. The van der Waals surface area contributed by atoms with Gasteiger partial charge >= 0.3 is 11.9 Å². The zero-order valence-electron chi connectivity index (χ0n) is 18.3. The van der Waals surface area contributed by atoms with Gasteiger partial charge in [-0.3, -0.25) is 4.79 Å². The van der Waals surface area contributed by atoms with Crippen LogP contribution in [-0.2, 0) is 14.3 Å². The van der Waals surface area contributed by atoms with E-state index in [1.807, 2.05) is 84.9 Å². The molecule has 0 heterocycles. The Labute approximate surface area is 197 Å². The molecule has 4 aromatic rings. The van der Waals surface area contributed by atoms with Gasteiger partial charge in [-0.2, -0.15) is 0 Å². The van der Waals surface area contributed by atoms with Gasteiger partial charge in [-0.05, 0) is 46.5 Å². The van der Waals surface area contributed by atoms with Crippen molar-refractivity contribution in [3.05, 3.63) is 120 Å². The van der Waals surface area contributed by atoms with Crippen molar-refractivity contribution >= 4 is 17.7 Å². The Bertz CT molecular complexity index is 1160. The molecule has 0 aromatic heterocycles. The lowest BCUT2D eigenvalue weighted by molar-refractivity contribution is -0.125. The van der Waals surface area contributed by atoms with E-state index in [1.165, 1.54) is 0 Å². The molecule has 0 N–H and O–H groups in total. The zero-order chi connectivity index (χ0) is 23.8. The van der Waals surface area contributed by atoms with Gasteiger partial charge in [0.25, 0.3) is 0 Å². The van der Waals surface area contributed by atoms with Crippen molar-refractivity contribution in [3.63, 3.8) is 0 Å². The maximum atomic E-state index is 12.2. The monoisotopic (exact) mass is 450 g/mol. The lowest BCUT2D eigenvalue weighted by Crippen LogP contribution is -2.20. The molecule has 0 atom stereocenters. The highest BCUT2D eigenvalue weighted by molar-refractivity contribution is 5.94. The molecular weight excluding hydrogens is 428 g/mol. The van der Waals surface area contributed by atoms with Crippen molar-refractivity contribution in [2.75, 3.05) is 13.2 Å². The van der Waals surface area contributed by atoms with Crippen molar-refractivity contribution in [2.24, 2.45) is 0 Å². The van der Waals surface area contributed by atoms with Crippen molar-refractivity contribution in [1.29, 1.82) is 0 Å². The zero-order valence-corrected chi connectivity index (χ0v) is 18.3. The molecule has 5 heteroatoms. The van der Waals surface area contributed by atoms with Crippen LogP contribution in [-0.4, -0.2) is 30.9 Å². The Hall–Kier alpha value is -4.51. The first-order valence-electron chi connectivity index (χ1n) is 10.8. The third kappa shape index (κ3) is 5.84. The molecule has 0 radical (unpaired) electrons. The van der Waals surface area contributed by atoms with Gasteiger partial charge in [0.2, 0.25) is 5.78 Å². The number of rotatable bonds is 8. The summed E-state index contributed by atoms with van der Waals surface area (Å²) in [6, 6.07) is 33.4. The van der Waals surface area contributed by atoms with E-state index < -0.39 is 30.9 Å². The fraction of sp³-hybridized carbons (Fsp3) is 0.0690. The molecule has 34 heavy (non-hydrogen) atoms. The molecule has 5 nitrogen and oxygen atoms in total. The lowest BCUT2D eigenvalue weighted by atomic mass is 10.0. The minimum atomic E-state index is -0.615. The number of hydrogen-bond donors (Lipinski definition) is 0. The number of benzene rings is 4. The summed E-state index contributed by atoms with van der Waals surface area (Å²) in [5.41, 5.74) is 4.68. The highest BCUT2D eigenvalue weighted by Crippen LogP contribution is 2.20. The lowest BCUT2D eigenvalue weighted by Gasteiger charge is -2.07. The molecule has 0 aliphatic rings. The average molecular weight is 450 g/mol. The SMILES string of the molecule is O=C(COC(=O)c1ccc(-c2ccccc2)cc1)COC(=O)c1ccc(-c2ccccc2)cc1. The third-order valence-corrected chi connectivity index (χ3v) is 5.18. The van der Waals surface area contributed by atoms with E-state index in [4.69, 9.17) is 9.47 Å². The van der Waals surface area contributed by atoms with E-state index in [1.54, 1.807) is 24.3 Å². The molecule has 0 saturated carbocycles. The molecule has 0 fully saturated rings. The standard InChI is InChI=1S/C29H22O5/c30-27(19-33-28(31)25-15-11-23(12-16-25)21-7-3-1-4-8-21)20-34-29(32)26-17-13-24(14-18-26)22-9-5-2-6-10-22/h1-18H,19-20H2. The van der Waals surface area contributed by atoms with E-state index in [0.29, 0.717) is 11.1 Å². The molecule has 0 bridgehead atoms. The number of hydrogen-bond acceptors (Lipinski definition) is 5. The fourth-order valence-electron chi connectivity index (χ4n) is 3.36. The highest BCUT2D eigenvalue weighted by atomic mass is 16.6. The van der Waals surface area contributed by atoms with E-state index in [2.05, 4.69) is 0 Å². The summed E-state index contributed by atoms with van der Waals surface area (Å²) >= 11 is 0. The van der Waals surface area contributed by atoms with Gasteiger partial charge in [0.05, 0.1) is 11.1 Å². The van der Waals surface area contributed by atoms with Crippen molar-refractivity contribution in [2.45, 2.75) is 0 Å². The summed E-state index contributed by atoms with van der Waals surface area (Å²) in [5.74, 6) is -1.74. The van der Waals surface area contributed by atoms with Crippen LogP contribution in [0.25, 0.3) is 22.3 Å². The molecule has 0 spiro atoms. The number of ether oxygens (including phenoxy) is 2. The number of ketones is 1. The normalized spacial score (nSPS) is 10.4. The van der Waals surface area contributed by atoms with E-state index >= 15 is 0 Å². The van der Waals surface area contributed by atoms with E-state index in [9.17, 15) is 14.4 Å². The van der Waals surface area contributed by atoms with E-state index in [0.717, 1.165) is 22.3 Å². The maximum absolute atomic E-state index is 12.2. The average Bonchev–Trinajstić information content (AvgIpc) is 2.91. The molecule has 0 amide bonds. The maximum Gasteiger partial charge on any atom is 0.338 e. The molecule has 0 aliphatic carbocycles. The van der Waals surface area contributed by atoms with Crippen LogP contribution < -0.4 is 0 Å². The van der Waals surface area contributed by atoms with Gasteiger partial charge < -0.3 is 9.47 Å². The Balaban J connectivity index is 1.24. The van der Waals surface area contributed by atoms with Gasteiger partial charge in [0.1, 0.15) is 0 Å². The van der Waals surface area contributed by atoms with Crippen LogP contribution in [0.3, 0.4) is 0 Å². The highest BCUT2D eigenvalue weighted by Gasteiger charge is 2.14. The summed E-state index contributed by atoms with van der Waals surface area (Å²) in [7, 11) is 0. The summed E-state index contributed by atoms with van der Waals surface area (Å²) in [5, 5.41) is 0. The van der Waals surface area contributed by atoms with Crippen LogP contribution in [0.5, 0.6) is 0 Å². The van der Waals surface area contributed by atoms with Gasteiger partial charge in [0, 0.05) is 0 Å². The number of esters is 2. The number of carbonyl (C=O) groups is 3. The molecular formula is C29H22O5. The van der Waals surface area contributed by atoms with Crippen molar-refractivity contribution in [3.8, 4) is 22.3 Å². The third-order valence-electron chi connectivity index (χ3n) is 5.18. The van der Waals surface area contributed by atoms with Gasteiger partial charge in [-0.25, -0.2) is 9.59 Å². The second-order valence-corrected chi connectivity index (χ2v) is 7.58. The summed E-state index contributed by atoms with van der Waals surface area (Å²) in [6.45, 7) is -0.945. The Kier molecular flexibility index (Phi) is 7.25. The predicted molar refractivity (Wildman–Crippen MR) is 129 cm³/mol.